The monoisotopic (exact) mass is 537 g/mol. The van der Waals surface area contributed by atoms with E-state index in [1.165, 1.54) is 24.3 Å². The largest absolute Gasteiger partial charge is 0.482 e. The third-order valence-corrected chi connectivity index (χ3v) is 7.84. The molecule has 1 heterocycles. The predicted octanol–water partition coefficient (Wildman–Crippen LogP) is 5.25. The molecule has 0 bridgehead atoms. The summed E-state index contributed by atoms with van der Waals surface area (Å²) in [4.78, 5) is 10.7. The number of ether oxygens (including phenoxy) is 1. The van der Waals surface area contributed by atoms with Crippen molar-refractivity contribution in [3.63, 3.8) is 0 Å². The van der Waals surface area contributed by atoms with Crippen LogP contribution < -0.4 is 9.04 Å². The van der Waals surface area contributed by atoms with E-state index in [1.54, 1.807) is 0 Å². The van der Waals surface area contributed by atoms with Crippen molar-refractivity contribution in [2.75, 3.05) is 10.8 Å². The molecule has 0 aromatic heterocycles. The number of carbonyl (C=O) groups is 1. The molecule has 2 atom stereocenters. The summed E-state index contributed by atoms with van der Waals surface area (Å²) in [5, 5.41) is 9.26. The molecule has 3 aromatic carbocycles. The highest BCUT2D eigenvalue weighted by molar-refractivity contribution is 7.92. The molecule has 0 amide bonds. The number of hydrogen-bond acceptors (Lipinski definition) is 4. The second-order valence-electron chi connectivity index (χ2n) is 8.46. The summed E-state index contributed by atoms with van der Waals surface area (Å²) in [7, 11) is -4.64. The van der Waals surface area contributed by atoms with Crippen LogP contribution in [0.5, 0.6) is 5.75 Å². The van der Waals surface area contributed by atoms with Crippen LogP contribution in [0.25, 0.3) is 11.1 Å². The van der Waals surface area contributed by atoms with Gasteiger partial charge in [0, 0.05) is 5.56 Å². The lowest BCUT2D eigenvalue weighted by Gasteiger charge is -2.35. The minimum atomic E-state index is -4.80. The van der Waals surface area contributed by atoms with Crippen molar-refractivity contribution < 1.29 is 45.0 Å². The summed E-state index contributed by atoms with van der Waals surface area (Å²) in [5.41, 5.74) is -1.07. The summed E-state index contributed by atoms with van der Waals surface area (Å²) in [5.74, 6) is -3.65. The number of alkyl halides is 3. The molecule has 0 spiro atoms. The zero-order chi connectivity index (χ0) is 26.7. The van der Waals surface area contributed by atoms with E-state index in [1.807, 2.05) is 0 Å². The molecule has 1 N–H and O–H groups in total. The van der Waals surface area contributed by atoms with Crippen molar-refractivity contribution in [2.24, 2.45) is 5.92 Å². The van der Waals surface area contributed by atoms with Gasteiger partial charge in [-0.2, -0.15) is 13.2 Å². The van der Waals surface area contributed by atoms with Crippen molar-refractivity contribution in [3.8, 4) is 16.9 Å². The average molecular weight is 537 g/mol. The maximum atomic E-state index is 14.4. The summed E-state index contributed by atoms with van der Waals surface area (Å²) < 4.78 is 102. The van der Waals surface area contributed by atoms with Gasteiger partial charge in [-0.25, -0.2) is 17.2 Å². The molecule has 1 aliphatic heterocycles. The lowest BCUT2D eigenvalue weighted by atomic mass is 10.0. The Kier molecular flexibility index (Phi) is 5.74. The second kappa shape index (κ2) is 8.58. The van der Waals surface area contributed by atoms with Gasteiger partial charge < -0.3 is 9.84 Å². The molecule has 6 nitrogen and oxygen atoms in total. The van der Waals surface area contributed by atoms with Gasteiger partial charge in [-0.3, -0.25) is 9.10 Å². The highest BCUT2D eigenvalue weighted by atomic mass is 32.2. The molecule has 5 rings (SSSR count). The Hall–Kier alpha value is -3.93. The average Bonchev–Trinajstić information content (AvgIpc) is 3.65. The Bertz CT molecular complexity index is 1570. The smallest absolute Gasteiger partial charge is 0.416 e. The zero-order valence-corrected chi connectivity index (χ0v) is 19.4. The maximum absolute atomic E-state index is 14.4. The molecule has 0 saturated carbocycles. The van der Waals surface area contributed by atoms with Crippen LogP contribution in [-0.2, 0) is 21.0 Å². The summed E-state index contributed by atoms with van der Waals surface area (Å²) >= 11 is 0. The van der Waals surface area contributed by atoms with Crippen LogP contribution in [0.1, 0.15) is 5.56 Å². The summed E-state index contributed by atoms with van der Waals surface area (Å²) in [6.45, 7) is -0.448. The SMILES string of the molecule is O=C(O)[C@@H]1C=C1[C@H]1CN(S(=O)(=O)c2cccc(C(F)(F)F)c2)c2cc(-c3cc(F)ccc3F)ccc2O1. The molecule has 0 radical (unpaired) electrons. The Morgan fingerprint density at radius 2 is 1.78 bits per heavy atom. The Morgan fingerprint density at radius 1 is 1.03 bits per heavy atom. The molecule has 0 saturated heterocycles. The van der Waals surface area contributed by atoms with Gasteiger partial charge in [0.15, 0.2) is 0 Å². The van der Waals surface area contributed by atoms with Crippen LogP contribution in [0, 0.1) is 17.6 Å². The fourth-order valence-corrected chi connectivity index (χ4v) is 5.68. The van der Waals surface area contributed by atoms with E-state index in [2.05, 4.69) is 0 Å². The van der Waals surface area contributed by atoms with Gasteiger partial charge in [-0.15, -0.1) is 0 Å². The van der Waals surface area contributed by atoms with Gasteiger partial charge in [0.2, 0.25) is 0 Å². The van der Waals surface area contributed by atoms with Gasteiger partial charge >= 0.3 is 12.1 Å². The molecule has 1 aliphatic carbocycles. The molecule has 2 aliphatic rings. The second-order valence-corrected chi connectivity index (χ2v) is 10.3. The first kappa shape index (κ1) is 24.8. The first-order valence-electron chi connectivity index (χ1n) is 10.8. The third kappa shape index (κ3) is 4.52. The Balaban J connectivity index is 1.63. The van der Waals surface area contributed by atoms with Crippen LogP contribution in [0.2, 0.25) is 0 Å². The van der Waals surface area contributed by atoms with E-state index in [9.17, 15) is 40.3 Å². The fraction of sp³-hybridized carbons (Fsp3) is 0.160. The lowest BCUT2D eigenvalue weighted by Crippen LogP contribution is -2.44. The number of nitrogens with zero attached hydrogens (tertiary/aromatic N) is 1. The van der Waals surface area contributed by atoms with E-state index >= 15 is 0 Å². The highest BCUT2D eigenvalue weighted by Crippen LogP contribution is 2.45. The van der Waals surface area contributed by atoms with E-state index < -0.39 is 62.8 Å². The van der Waals surface area contributed by atoms with E-state index in [-0.39, 0.29) is 22.6 Å². The number of sulfonamides is 1. The van der Waals surface area contributed by atoms with E-state index in [4.69, 9.17) is 4.74 Å². The molecule has 37 heavy (non-hydrogen) atoms. The van der Waals surface area contributed by atoms with Crippen molar-refractivity contribution >= 4 is 21.7 Å². The predicted molar refractivity (Wildman–Crippen MR) is 121 cm³/mol. The molecule has 192 valence electrons. The summed E-state index contributed by atoms with van der Waals surface area (Å²) in [6.07, 6.45) is -4.44. The van der Waals surface area contributed by atoms with Crippen LogP contribution in [0.4, 0.5) is 27.6 Å². The van der Waals surface area contributed by atoms with Crippen molar-refractivity contribution in [1.29, 1.82) is 0 Å². The van der Waals surface area contributed by atoms with Crippen LogP contribution in [0.15, 0.2) is 77.2 Å². The van der Waals surface area contributed by atoms with Crippen molar-refractivity contribution in [1.82, 2.24) is 0 Å². The first-order chi connectivity index (χ1) is 17.4. The van der Waals surface area contributed by atoms with Crippen LogP contribution >= 0.6 is 0 Å². The van der Waals surface area contributed by atoms with Gasteiger partial charge in [0.1, 0.15) is 23.5 Å². The number of hydrogen-bond donors (Lipinski definition) is 1. The van der Waals surface area contributed by atoms with E-state index in [0.717, 1.165) is 40.7 Å². The first-order valence-corrected chi connectivity index (χ1v) is 12.2. The van der Waals surface area contributed by atoms with Gasteiger partial charge in [0.25, 0.3) is 10.0 Å². The van der Waals surface area contributed by atoms with Gasteiger partial charge in [-0.05, 0) is 59.7 Å². The molecular weight excluding hydrogens is 521 g/mol. The number of aliphatic carboxylic acids is 1. The quantitative estimate of drug-likeness (QED) is 0.355. The number of anilines is 1. The zero-order valence-electron chi connectivity index (χ0n) is 18.5. The van der Waals surface area contributed by atoms with Gasteiger partial charge in [0.05, 0.1) is 28.6 Å². The number of carboxylic acids is 1. The molecule has 0 fully saturated rings. The minimum absolute atomic E-state index is 0.0238. The number of carboxylic acid groups (broad SMARTS) is 1. The molecule has 3 aromatic rings. The molecular formula is C25H16F5NO5S. The number of benzene rings is 3. The third-order valence-electron chi connectivity index (χ3n) is 6.06. The fourth-order valence-electron chi connectivity index (χ4n) is 4.16. The van der Waals surface area contributed by atoms with Crippen LogP contribution in [0.3, 0.4) is 0 Å². The van der Waals surface area contributed by atoms with Crippen LogP contribution in [-0.4, -0.2) is 32.1 Å². The van der Waals surface area contributed by atoms with Gasteiger partial charge in [-0.1, -0.05) is 18.2 Å². The lowest BCUT2D eigenvalue weighted by molar-refractivity contribution is -0.138. The number of fused-ring (bicyclic) bond motifs is 1. The van der Waals surface area contributed by atoms with E-state index in [0.29, 0.717) is 11.6 Å². The number of rotatable bonds is 5. The molecule has 12 heteroatoms. The number of halogens is 5. The molecule has 0 unspecified atom stereocenters. The Labute approximate surface area is 207 Å². The topological polar surface area (TPSA) is 83.9 Å². The van der Waals surface area contributed by atoms with Crippen molar-refractivity contribution in [3.05, 3.63) is 89.5 Å². The Morgan fingerprint density at radius 3 is 2.46 bits per heavy atom. The maximum Gasteiger partial charge on any atom is 0.416 e. The highest BCUT2D eigenvalue weighted by Gasteiger charge is 2.44. The van der Waals surface area contributed by atoms with Crippen molar-refractivity contribution in [2.45, 2.75) is 17.2 Å². The minimum Gasteiger partial charge on any atom is -0.482 e. The normalized spacial score (nSPS) is 19.1. The standard InChI is InChI=1S/C25H16F5NO5S/c26-15-5-6-20(27)17(10-15)13-4-7-22-21(8-13)31(12-23(36-22)18-11-19(18)24(32)33)37(34,35)16-3-1-2-14(9-16)25(28,29)30/h1-11,19,23H,12H2,(H,32,33)/t19-,23-/m1/s1. The summed E-state index contributed by atoms with van der Waals surface area (Å²) in [6, 6.07) is 9.82.